The SMILES string of the molecule is CC(C)CCCCCCCCCCCCCCCCCCC(=O)O[C@H](COC(=O)CCCCCCCCCCCCCCCCCC(C)C)COP(=O)(O)OC[C@@H](O)COP(=O)(O)OC[C@@H](COC(=O)CCCCCCCCCCCC(C)C)OC(=O)CCCCCCCCCCCCCCC(C)C. The maximum absolute atomic E-state index is 13.1. The van der Waals surface area contributed by atoms with Crippen LogP contribution in [-0.4, -0.2) is 96.7 Å². The van der Waals surface area contributed by atoms with Crippen LogP contribution in [0.5, 0.6) is 0 Å². The van der Waals surface area contributed by atoms with Gasteiger partial charge in [-0.25, -0.2) is 9.13 Å². The second-order valence-electron chi connectivity index (χ2n) is 32.5. The van der Waals surface area contributed by atoms with E-state index in [1.807, 2.05) is 0 Å². The number of unbranched alkanes of at least 4 members (excludes halogenated alkanes) is 48. The van der Waals surface area contributed by atoms with E-state index < -0.39 is 97.5 Å². The Bertz CT molecular complexity index is 2020. The van der Waals surface area contributed by atoms with Gasteiger partial charge in [0.25, 0.3) is 0 Å². The van der Waals surface area contributed by atoms with Gasteiger partial charge in [-0.05, 0) is 49.4 Å². The predicted octanol–water partition coefficient (Wildman–Crippen LogP) is 25.6. The molecule has 0 amide bonds. The number of carbonyl (C=O) groups excluding carboxylic acids is 4. The minimum atomic E-state index is -4.97. The molecule has 0 bridgehead atoms. The lowest BCUT2D eigenvalue weighted by Crippen LogP contribution is -2.30. The topological polar surface area (TPSA) is 237 Å². The van der Waals surface area contributed by atoms with Gasteiger partial charge in [-0.15, -0.1) is 0 Å². The van der Waals surface area contributed by atoms with Gasteiger partial charge in [0.1, 0.15) is 19.3 Å². The van der Waals surface area contributed by atoms with E-state index in [0.717, 1.165) is 114 Å². The van der Waals surface area contributed by atoms with E-state index in [2.05, 4.69) is 55.4 Å². The van der Waals surface area contributed by atoms with Gasteiger partial charge in [0.05, 0.1) is 26.4 Å². The van der Waals surface area contributed by atoms with E-state index in [9.17, 15) is 43.2 Å². The van der Waals surface area contributed by atoms with Crippen LogP contribution in [0.15, 0.2) is 0 Å². The Kier molecular flexibility index (Phi) is 72.5. The summed E-state index contributed by atoms with van der Waals surface area (Å²) in [7, 11) is -9.93. The second-order valence-corrected chi connectivity index (χ2v) is 35.4. The summed E-state index contributed by atoms with van der Waals surface area (Å²) in [6.07, 6.45) is 62.4. The fourth-order valence-corrected chi connectivity index (χ4v) is 14.7. The van der Waals surface area contributed by atoms with E-state index in [1.54, 1.807) is 0 Å². The van der Waals surface area contributed by atoms with Crippen LogP contribution in [0.2, 0.25) is 0 Å². The first kappa shape index (κ1) is 102. The summed E-state index contributed by atoms with van der Waals surface area (Å²) in [5.41, 5.74) is 0. The Hall–Kier alpha value is -1.94. The molecule has 618 valence electrons. The zero-order chi connectivity index (χ0) is 76.7. The van der Waals surface area contributed by atoms with Crippen molar-refractivity contribution in [2.75, 3.05) is 39.6 Å². The van der Waals surface area contributed by atoms with Crippen molar-refractivity contribution in [3.05, 3.63) is 0 Å². The molecule has 0 fully saturated rings. The highest BCUT2D eigenvalue weighted by molar-refractivity contribution is 7.47. The van der Waals surface area contributed by atoms with Crippen molar-refractivity contribution in [2.24, 2.45) is 23.7 Å². The van der Waals surface area contributed by atoms with Gasteiger partial charge < -0.3 is 33.8 Å². The summed E-state index contributed by atoms with van der Waals surface area (Å²) in [4.78, 5) is 73.2. The van der Waals surface area contributed by atoms with E-state index in [0.29, 0.717) is 25.7 Å². The Morgan fingerprint density at radius 3 is 0.596 bits per heavy atom. The molecule has 0 aromatic carbocycles. The molecular formula is C85H166O17P2. The molecule has 2 unspecified atom stereocenters. The molecule has 0 aromatic heterocycles. The fraction of sp³-hybridized carbons (Fsp3) is 0.953. The first-order chi connectivity index (χ1) is 50.1. The van der Waals surface area contributed by atoms with Crippen LogP contribution in [-0.2, 0) is 65.4 Å². The quantitative estimate of drug-likeness (QED) is 0.0222. The van der Waals surface area contributed by atoms with Crippen LogP contribution in [0.1, 0.15) is 441 Å². The summed E-state index contributed by atoms with van der Waals surface area (Å²) in [5, 5.41) is 10.7. The molecule has 0 aliphatic rings. The number of esters is 4. The van der Waals surface area contributed by atoms with E-state index in [1.165, 1.54) is 244 Å². The molecule has 0 aliphatic carbocycles. The van der Waals surface area contributed by atoms with Crippen molar-refractivity contribution < 1.29 is 80.2 Å². The monoisotopic (exact) mass is 1520 g/mol. The first-order valence-electron chi connectivity index (χ1n) is 43.7. The summed E-state index contributed by atoms with van der Waals surface area (Å²) in [6, 6.07) is 0. The van der Waals surface area contributed by atoms with Crippen molar-refractivity contribution in [3.63, 3.8) is 0 Å². The minimum Gasteiger partial charge on any atom is -0.462 e. The van der Waals surface area contributed by atoms with E-state index >= 15 is 0 Å². The highest BCUT2D eigenvalue weighted by Gasteiger charge is 2.30. The smallest absolute Gasteiger partial charge is 0.462 e. The van der Waals surface area contributed by atoms with Gasteiger partial charge >= 0.3 is 39.5 Å². The average Bonchev–Trinajstić information content (AvgIpc) is 0.909. The highest BCUT2D eigenvalue weighted by atomic mass is 31.2. The zero-order valence-corrected chi connectivity index (χ0v) is 70.5. The lowest BCUT2D eigenvalue weighted by atomic mass is 10.0. The summed E-state index contributed by atoms with van der Waals surface area (Å²) < 4.78 is 68.9. The number of rotatable bonds is 82. The van der Waals surface area contributed by atoms with Crippen LogP contribution in [0.3, 0.4) is 0 Å². The molecular weight excluding hydrogens is 1350 g/mol. The second kappa shape index (κ2) is 73.8. The number of hydrogen-bond donors (Lipinski definition) is 3. The minimum absolute atomic E-state index is 0.106. The number of phosphoric ester groups is 2. The highest BCUT2D eigenvalue weighted by Crippen LogP contribution is 2.45. The predicted molar refractivity (Wildman–Crippen MR) is 428 cm³/mol. The van der Waals surface area contributed by atoms with Crippen molar-refractivity contribution in [1.29, 1.82) is 0 Å². The van der Waals surface area contributed by atoms with Crippen LogP contribution in [0.4, 0.5) is 0 Å². The largest absolute Gasteiger partial charge is 0.472 e. The third kappa shape index (κ3) is 78.2. The maximum atomic E-state index is 13.1. The summed E-state index contributed by atoms with van der Waals surface area (Å²) >= 11 is 0. The normalized spacial score (nSPS) is 14.0. The summed E-state index contributed by atoms with van der Waals surface area (Å²) in [5.74, 6) is 1.03. The van der Waals surface area contributed by atoms with Gasteiger partial charge in [-0.1, -0.05) is 389 Å². The van der Waals surface area contributed by atoms with Crippen molar-refractivity contribution in [3.8, 4) is 0 Å². The molecule has 0 aliphatic heterocycles. The van der Waals surface area contributed by atoms with Crippen molar-refractivity contribution >= 4 is 39.5 Å². The van der Waals surface area contributed by atoms with Crippen molar-refractivity contribution in [1.82, 2.24) is 0 Å². The lowest BCUT2D eigenvalue weighted by molar-refractivity contribution is -0.161. The van der Waals surface area contributed by atoms with Crippen LogP contribution < -0.4 is 0 Å². The molecule has 17 nitrogen and oxygen atoms in total. The standard InChI is InChI=1S/C85H166O17P2/c1-75(2)61-53-45-37-29-22-16-12-9-10-14-19-26-34-43-51-59-67-84(89)101-80(71-95-82(87)65-57-49-41-33-25-18-15-11-13-17-23-30-38-46-54-62-76(3)4)73-99-103(91,92)97-69-79(86)70-98-104(93,94)100-74-81(72-96-83(88)66-58-50-42-36-28-32-40-48-56-64-78(7)8)102-85(90)68-60-52-44-35-27-21-20-24-31-39-47-55-63-77(5)6/h75-81,86H,9-74H2,1-8H3,(H,91,92)(H,93,94)/t79-,80-,81-/m1/s1. The molecule has 3 N–H and O–H groups in total. The van der Waals surface area contributed by atoms with Gasteiger partial charge in [0.15, 0.2) is 12.2 Å². The zero-order valence-electron chi connectivity index (χ0n) is 68.7. The molecule has 0 aromatic rings. The molecule has 0 saturated heterocycles. The fourth-order valence-electron chi connectivity index (χ4n) is 13.1. The van der Waals surface area contributed by atoms with E-state index in [4.69, 9.17) is 37.0 Å². The molecule has 5 atom stereocenters. The first-order valence-corrected chi connectivity index (χ1v) is 46.7. The third-order valence-electron chi connectivity index (χ3n) is 19.8. The van der Waals surface area contributed by atoms with Crippen molar-refractivity contribution in [2.45, 2.75) is 459 Å². The maximum Gasteiger partial charge on any atom is 0.472 e. The lowest BCUT2D eigenvalue weighted by Gasteiger charge is -2.21. The Balaban J connectivity index is 5.26. The van der Waals surface area contributed by atoms with Gasteiger partial charge in [0.2, 0.25) is 0 Å². The molecule has 19 heteroatoms. The number of hydrogen-bond acceptors (Lipinski definition) is 15. The number of phosphoric acid groups is 2. The number of ether oxygens (including phenoxy) is 4. The molecule has 0 rings (SSSR count). The van der Waals surface area contributed by atoms with Crippen LogP contribution in [0.25, 0.3) is 0 Å². The summed E-state index contributed by atoms with van der Waals surface area (Å²) in [6.45, 7) is 14.3. The van der Waals surface area contributed by atoms with E-state index in [-0.39, 0.29) is 25.7 Å². The Morgan fingerprint density at radius 2 is 0.404 bits per heavy atom. The number of aliphatic hydroxyl groups is 1. The molecule has 0 saturated carbocycles. The van der Waals surface area contributed by atoms with Gasteiger partial charge in [-0.2, -0.15) is 0 Å². The van der Waals surface area contributed by atoms with Crippen LogP contribution in [0, 0.1) is 23.7 Å². The average molecular weight is 1520 g/mol. The third-order valence-corrected chi connectivity index (χ3v) is 21.7. The molecule has 0 heterocycles. The molecule has 104 heavy (non-hydrogen) atoms. The van der Waals surface area contributed by atoms with Crippen LogP contribution >= 0.6 is 15.6 Å². The van der Waals surface area contributed by atoms with Gasteiger partial charge in [-0.3, -0.25) is 37.3 Å². The molecule has 0 radical (unpaired) electrons. The van der Waals surface area contributed by atoms with Gasteiger partial charge in [0, 0.05) is 25.7 Å². The number of carbonyl (C=O) groups is 4. The Morgan fingerprint density at radius 1 is 0.240 bits per heavy atom. The number of aliphatic hydroxyl groups excluding tert-OH is 1. The molecule has 0 spiro atoms. The Labute approximate surface area is 638 Å².